The number of cyclic esters (lactones) is 2. The summed E-state index contributed by atoms with van der Waals surface area (Å²) in [7, 11) is 1.53. The number of carbonyl (C=O) groups excluding carboxylic acids is 2. The van der Waals surface area contributed by atoms with Crippen LogP contribution in [-0.4, -0.2) is 176 Å². The average Bonchev–Trinajstić information content (AvgIpc) is 3.45. The van der Waals surface area contributed by atoms with Crippen molar-refractivity contribution in [3.8, 4) is 0 Å². The molecule has 0 aliphatic carbocycles. The summed E-state index contributed by atoms with van der Waals surface area (Å²) < 4.78 is 56.1. The third-order valence-corrected chi connectivity index (χ3v) is 18.0. The Labute approximate surface area is 487 Å². The van der Waals surface area contributed by atoms with Gasteiger partial charge in [0.05, 0.1) is 54.9 Å². The Morgan fingerprint density at radius 1 is 0.598 bits per heavy atom. The van der Waals surface area contributed by atoms with Crippen molar-refractivity contribution >= 4 is 11.9 Å². The van der Waals surface area contributed by atoms with Gasteiger partial charge in [0.2, 0.25) is 0 Å². The summed E-state index contributed by atoms with van der Waals surface area (Å²) in [4.78, 5) is 27.9. The molecule has 5 aliphatic rings. The predicted molar refractivity (Wildman–Crippen MR) is 306 cm³/mol. The summed E-state index contributed by atoms with van der Waals surface area (Å²) in [6.45, 7) is 22.4. The number of ether oxygens (including phenoxy) is 9. The summed E-state index contributed by atoms with van der Waals surface area (Å²) in [5.41, 5.74) is 1.56. The lowest BCUT2D eigenvalue weighted by molar-refractivity contribution is -0.346. The summed E-state index contributed by atoms with van der Waals surface area (Å²) in [5.74, 6) is -6.99. The molecular weight excluding hydrogens is 1060 g/mol. The molecule has 5 aliphatic heterocycles. The molecular formula is C63H102O19. The number of carbonyl (C=O) groups is 2. The number of aliphatic hydroxyl groups is 8. The molecule has 8 N–H and O–H groups in total. The molecule has 0 aromatic carbocycles. The molecule has 0 radical (unpaired) electrons. The van der Waals surface area contributed by atoms with Crippen LogP contribution in [0.1, 0.15) is 154 Å². The van der Waals surface area contributed by atoms with E-state index >= 15 is 0 Å². The minimum Gasteiger partial charge on any atom is -0.458 e. The molecule has 19 nitrogen and oxygen atoms in total. The number of hydrogen-bond donors (Lipinski definition) is 8. The second kappa shape index (κ2) is 32.0. The Hall–Kier alpha value is -3.22. The summed E-state index contributed by atoms with van der Waals surface area (Å²) in [6, 6.07) is 0. The number of methoxy groups -OCH3 is 1. The molecule has 19 heteroatoms. The van der Waals surface area contributed by atoms with Crippen LogP contribution in [0.2, 0.25) is 0 Å². The van der Waals surface area contributed by atoms with E-state index in [-0.39, 0.29) is 56.0 Å². The van der Waals surface area contributed by atoms with Crippen LogP contribution in [-0.2, 0) is 52.2 Å². The first-order chi connectivity index (χ1) is 38.8. The quantitative estimate of drug-likeness (QED) is 0.0625. The smallest absolute Gasteiger partial charge is 0.331 e. The minimum atomic E-state index is -1.92. The van der Waals surface area contributed by atoms with Crippen LogP contribution in [0.25, 0.3) is 0 Å². The summed E-state index contributed by atoms with van der Waals surface area (Å²) >= 11 is 0. The number of aliphatic hydroxyl groups excluding tert-OH is 7. The van der Waals surface area contributed by atoms with Gasteiger partial charge in [-0.05, 0) is 77.4 Å². The standard InChI is InChI=1S/C63H102O19/c1-14-41-22-20-24-43(16-3)59(35(7)48(65)31-62(73)33-50(45(18-5)37(9)81-62)78-61-58(72)57(71)56(70)40(12)76-61)79-52(67)28-26-42(15-2)23-21-25-44(17-4)60(80-53(68)29-27-41)36(8)49(66)32-63(74-13)34-51(46(19-6)38(10)82-63)77-54-30-47(64)55(69)39(11)75-54/h20-29,35-40,43-51,54-61,64-66,69-73H,14-19,30-34H2,1-13H3/b24-20+,25-21+,28-26+,29-27+,41-22+,42-23+. The molecule has 0 aromatic rings. The highest BCUT2D eigenvalue weighted by atomic mass is 16.7. The van der Waals surface area contributed by atoms with E-state index in [9.17, 15) is 50.4 Å². The first-order valence-corrected chi connectivity index (χ1v) is 30.3. The Morgan fingerprint density at radius 2 is 1.09 bits per heavy atom. The van der Waals surface area contributed by atoms with E-state index in [4.69, 9.17) is 42.6 Å². The number of hydrogen-bond acceptors (Lipinski definition) is 19. The second-order valence-corrected chi connectivity index (χ2v) is 23.7. The van der Waals surface area contributed by atoms with Crippen LogP contribution < -0.4 is 0 Å². The predicted octanol–water partition coefficient (Wildman–Crippen LogP) is 6.70. The van der Waals surface area contributed by atoms with Gasteiger partial charge in [-0.3, -0.25) is 0 Å². The van der Waals surface area contributed by atoms with E-state index in [1.54, 1.807) is 39.8 Å². The summed E-state index contributed by atoms with van der Waals surface area (Å²) in [5, 5.41) is 88.8. The first-order valence-electron chi connectivity index (χ1n) is 30.3. The van der Waals surface area contributed by atoms with Crippen molar-refractivity contribution in [1.29, 1.82) is 0 Å². The van der Waals surface area contributed by atoms with Gasteiger partial charge in [-0.15, -0.1) is 0 Å². The van der Waals surface area contributed by atoms with E-state index in [0.29, 0.717) is 38.5 Å². The van der Waals surface area contributed by atoms with Crippen molar-refractivity contribution in [2.24, 2.45) is 35.5 Å². The molecule has 468 valence electrons. The molecule has 4 fully saturated rings. The lowest BCUT2D eigenvalue weighted by atomic mass is 9.80. The zero-order valence-corrected chi connectivity index (χ0v) is 50.9. The Balaban J connectivity index is 1.39. The van der Waals surface area contributed by atoms with Crippen molar-refractivity contribution < 1.29 is 93.1 Å². The molecule has 5 heterocycles. The van der Waals surface area contributed by atoms with Crippen molar-refractivity contribution in [3.05, 3.63) is 71.9 Å². The molecule has 0 amide bonds. The van der Waals surface area contributed by atoms with Gasteiger partial charge in [0.15, 0.2) is 24.2 Å². The lowest BCUT2D eigenvalue weighted by Crippen LogP contribution is -2.60. The Morgan fingerprint density at radius 3 is 1.56 bits per heavy atom. The van der Waals surface area contributed by atoms with Crippen LogP contribution in [0.5, 0.6) is 0 Å². The van der Waals surface area contributed by atoms with E-state index < -0.39 is 139 Å². The highest BCUT2D eigenvalue weighted by Gasteiger charge is 2.52. The van der Waals surface area contributed by atoms with Gasteiger partial charge in [0.25, 0.3) is 0 Å². The number of esters is 2. The molecule has 5 rings (SSSR count). The zero-order valence-electron chi connectivity index (χ0n) is 50.9. The Kier molecular flexibility index (Phi) is 27.1. The van der Waals surface area contributed by atoms with Gasteiger partial charge in [-0.1, -0.05) is 104 Å². The normalized spacial score (nSPS) is 43.7. The molecule has 0 aromatic heterocycles. The molecule has 4 saturated heterocycles. The third-order valence-electron chi connectivity index (χ3n) is 18.0. The maximum Gasteiger partial charge on any atom is 0.331 e. The molecule has 0 saturated carbocycles. The monoisotopic (exact) mass is 1160 g/mol. The Bertz CT molecular complexity index is 2170. The second-order valence-electron chi connectivity index (χ2n) is 23.7. The van der Waals surface area contributed by atoms with Gasteiger partial charge in [0.1, 0.15) is 36.6 Å². The highest BCUT2D eigenvalue weighted by molar-refractivity contribution is 5.83. The third kappa shape index (κ3) is 18.2. The molecule has 82 heavy (non-hydrogen) atoms. The number of allylic oxidation sites excluding steroid dienone is 8. The van der Waals surface area contributed by atoms with Crippen molar-refractivity contribution in [1.82, 2.24) is 0 Å². The van der Waals surface area contributed by atoms with Crippen LogP contribution in [0.15, 0.2) is 71.9 Å². The van der Waals surface area contributed by atoms with Crippen LogP contribution in [0.4, 0.5) is 0 Å². The molecule has 0 bridgehead atoms. The van der Waals surface area contributed by atoms with E-state index in [0.717, 1.165) is 11.1 Å². The van der Waals surface area contributed by atoms with Crippen molar-refractivity contribution in [2.75, 3.05) is 7.11 Å². The highest BCUT2D eigenvalue weighted by Crippen LogP contribution is 2.44. The fourth-order valence-electron chi connectivity index (χ4n) is 12.6. The van der Waals surface area contributed by atoms with E-state index in [1.165, 1.54) is 19.3 Å². The van der Waals surface area contributed by atoms with Gasteiger partial charge in [-0.25, -0.2) is 9.59 Å². The first kappa shape index (κ1) is 69.6. The van der Waals surface area contributed by atoms with E-state index in [1.807, 2.05) is 91.8 Å². The average molecular weight is 1160 g/mol. The maximum atomic E-state index is 14.0. The van der Waals surface area contributed by atoms with Gasteiger partial charge < -0.3 is 83.5 Å². The van der Waals surface area contributed by atoms with E-state index in [2.05, 4.69) is 0 Å². The topological polar surface area (TPSA) is 279 Å². The fraction of sp³-hybridized carbons (Fsp3) is 0.778. The van der Waals surface area contributed by atoms with Gasteiger partial charge >= 0.3 is 11.9 Å². The SMILES string of the molecule is CCC1=C\C=C\C(CC)C(C(C)C(O)CC2(OC)CC(OC3CC(O)C(O)C(C)O3)C(CC)C(C)O2)OC(=O)/C=C/C(CC)=C/C=C/C(CC)C(C(C)C(O)CC2(O)CC(OC3OC(C)C(O)C(O)C3O)C(CC)C(C)O2)OC(=O)\C=C\1. The van der Waals surface area contributed by atoms with Crippen LogP contribution >= 0.6 is 0 Å². The van der Waals surface area contributed by atoms with Crippen molar-refractivity contribution in [3.63, 3.8) is 0 Å². The zero-order chi connectivity index (χ0) is 60.8. The van der Waals surface area contributed by atoms with Crippen LogP contribution in [0, 0.1) is 35.5 Å². The molecule has 25 atom stereocenters. The molecule has 0 spiro atoms. The van der Waals surface area contributed by atoms with Gasteiger partial charge in [-0.2, -0.15) is 0 Å². The largest absolute Gasteiger partial charge is 0.458 e. The fourth-order valence-corrected chi connectivity index (χ4v) is 12.6. The lowest BCUT2D eigenvalue weighted by Gasteiger charge is -2.49. The maximum absolute atomic E-state index is 14.0. The number of rotatable bonds is 19. The molecule has 25 unspecified atom stereocenters. The minimum absolute atomic E-state index is 0.0139. The summed E-state index contributed by atoms with van der Waals surface area (Å²) in [6.07, 6.45) is 4.49. The van der Waals surface area contributed by atoms with Crippen LogP contribution in [0.3, 0.4) is 0 Å². The van der Waals surface area contributed by atoms with Crippen molar-refractivity contribution in [2.45, 2.75) is 269 Å². The van der Waals surface area contributed by atoms with Gasteiger partial charge in [0, 0.05) is 86.9 Å².